The molecule has 0 aromatic heterocycles. The predicted molar refractivity (Wildman–Crippen MR) is 103 cm³/mol. The third-order valence-corrected chi connectivity index (χ3v) is 4.63. The molecule has 6 nitrogen and oxygen atoms in total. The SMILES string of the molecule is CCOC(=O)CC(C)(C)CCC(=O)CCCC(=O)CCC(C)(C)CC(=O)O. The van der Waals surface area contributed by atoms with Gasteiger partial charge in [0.2, 0.25) is 0 Å². The van der Waals surface area contributed by atoms with E-state index in [1.807, 2.05) is 27.7 Å². The molecule has 0 atom stereocenters. The molecular formula is C21H36O6. The molecule has 0 amide bonds. The summed E-state index contributed by atoms with van der Waals surface area (Å²) < 4.78 is 4.95. The summed E-state index contributed by atoms with van der Waals surface area (Å²) in [6, 6.07) is 0. The van der Waals surface area contributed by atoms with Crippen LogP contribution in [0, 0.1) is 10.8 Å². The quantitative estimate of drug-likeness (QED) is 0.422. The van der Waals surface area contributed by atoms with E-state index in [-0.39, 0.29) is 29.4 Å². The zero-order valence-corrected chi connectivity index (χ0v) is 17.6. The van der Waals surface area contributed by atoms with Gasteiger partial charge in [-0.05, 0) is 37.0 Å². The zero-order chi connectivity index (χ0) is 21.1. The largest absolute Gasteiger partial charge is 0.481 e. The van der Waals surface area contributed by atoms with Crippen molar-refractivity contribution in [3.8, 4) is 0 Å². The van der Waals surface area contributed by atoms with Crippen LogP contribution in [0.4, 0.5) is 0 Å². The molecule has 0 aromatic rings. The van der Waals surface area contributed by atoms with Crippen molar-refractivity contribution in [3.05, 3.63) is 0 Å². The maximum atomic E-state index is 12.0. The molecule has 1 N–H and O–H groups in total. The van der Waals surface area contributed by atoms with Crippen molar-refractivity contribution in [3.63, 3.8) is 0 Å². The number of ether oxygens (including phenoxy) is 1. The fourth-order valence-electron chi connectivity index (χ4n) is 2.88. The average Bonchev–Trinajstić information content (AvgIpc) is 2.50. The maximum absolute atomic E-state index is 12.0. The van der Waals surface area contributed by atoms with E-state index >= 15 is 0 Å². The van der Waals surface area contributed by atoms with Crippen LogP contribution in [0.15, 0.2) is 0 Å². The minimum atomic E-state index is -0.857. The monoisotopic (exact) mass is 384 g/mol. The fourth-order valence-corrected chi connectivity index (χ4v) is 2.88. The molecule has 6 heteroatoms. The van der Waals surface area contributed by atoms with Gasteiger partial charge in [0, 0.05) is 25.7 Å². The predicted octanol–water partition coefficient (Wildman–Crippen LogP) is 4.34. The van der Waals surface area contributed by atoms with Gasteiger partial charge < -0.3 is 9.84 Å². The molecule has 0 bridgehead atoms. The van der Waals surface area contributed by atoms with E-state index in [0.29, 0.717) is 58.0 Å². The second kappa shape index (κ2) is 11.9. The van der Waals surface area contributed by atoms with E-state index in [2.05, 4.69) is 0 Å². The van der Waals surface area contributed by atoms with Gasteiger partial charge >= 0.3 is 11.9 Å². The van der Waals surface area contributed by atoms with Crippen molar-refractivity contribution in [2.45, 2.75) is 92.4 Å². The van der Waals surface area contributed by atoms with E-state index in [0.717, 1.165) is 0 Å². The lowest BCUT2D eigenvalue weighted by Crippen LogP contribution is -2.20. The number of aliphatic carboxylic acids is 1. The lowest BCUT2D eigenvalue weighted by Gasteiger charge is -2.23. The third kappa shape index (κ3) is 14.1. The first-order chi connectivity index (χ1) is 12.4. The summed E-state index contributed by atoms with van der Waals surface area (Å²) in [7, 11) is 0. The number of esters is 1. The highest BCUT2D eigenvalue weighted by Crippen LogP contribution is 2.28. The number of rotatable bonds is 15. The minimum absolute atomic E-state index is 0.0420. The normalized spacial score (nSPS) is 11.9. The van der Waals surface area contributed by atoms with Crippen molar-refractivity contribution in [2.24, 2.45) is 10.8 Å². The highest BCUT2D eigenvalue weighted by molar-refractivity contribution is 5.81. The molecule has 0 aliphatic heterocycles. The number of hydrogen-bond donors (Lipinski definition) is 1. The summed E-state index contributed by atoms with van der Waals surface area (Å²) in [6.07, 6.45) is 3.46. The Hall–Kier alpha value is -1.72. The van der Waals surface area contributed by atoms with Crippen LogP contribution in [0.25, 0.3) is 0 Å². The van der Waals surface area contributed by atoms with Crippen molar-refractivity contribution in [1.82, 2.24) is 0 Å². The van der Waals surface area contributed by atoms with Gasteiger partial charge in [-0.25, -0.2) is 0 Å². The summed E-state index contributed by atoms with van der Waals surface area (Å²) in [4.78, 5) is 46.3. The van der Waals surface area contributed by atoms with Gasteiger partial charge in [0.1, 0.15) is 11.6 Å². The molecule has 0 unspecified atom stereocenters. The fraction of sp³-hybridized carbons (Fsp3) is 0.810. The highest BCUT2D eigenvalue weighted by Gasteiger charge is 2.24. The highest BCUT2D eigenvalue weighted by atomic mass is 16.5. The van der Waals surface area contributed by atoms with Gasteiger partial charge in [-0.2, -0.15) is 0 Å². The summed E-state index contributed by atoms with van der Waals surface area (Å²) in [5.74, 6) is -0.926. The lowest BCUT2D eigenvalue weighted by atomic mass is 9.83. The number of carboxylic acid groups (broad SMARTS) is 1. The average molecular weight is 385 g/mol. The van der Waals surface area contributed by atoms with E-state index in [1.165, 1.54) is 0 Å². The summed E-state index contributed by atoms with van der Waals surface area (Å²) in [5, 5.41) is 8.85. The molecule has 0 heterocycles. The molecule has 0 aliphatic rings. The molecule has 0 spiro atoms. The van der Waals surface area contributed by atoms with E-state index < -0.39 is 11.4 Å². The smallest absolute Gasteiger partial charge is 0.306 e. The Morgan fingerprint density at radius 3 is 1.63 bits per heavy atom. The van der Waals surface area contributed by atoms with Gasteiger partial charge in [0.15, 0.2) is 0 Å². The van der Waals surface area contributed by atoms with Crippen LogP contribution in [0.1, 0.15) is 92.4 Å². The van der Waals surface area contributed by atoms with Crippen LogP contribution in [0.2, 0.25) is 0 Å². The minimum Gasteiger partial charge on any atom is -0.481 e. The van der Waals surface area contributed by atoms with Crippen LogP contribution < -0.4 is 0 Å². The molecule has 0 fully saturated rings. The lowest BCUT2D eigenvalue weighted by molar-refractivity contribution is -0.145. The summed E-state index contributed by atoms with van der Waals surface area (Å²) >= 11 is 0. The van der Waals surface area contributed by atoms with Crippen LogP contribution in [-0.2, 0) is 23.9 Å². The second-order valence-electron chi connectivity index (χ2n) is 8.81. The molecule has 0 aromatic carbocycles. The Morgan fingerprint density at radius 1 is 0.778 bits per heavy atom. The number of hydrogen-bond acceptors (Lipinski definition) is 5. The molecule has 156 valence electrons. The van der Waals surface area contributed by atoms with Gasteiger partial charge in [0.25, 0.3) is 0 Å². The van der Waals surface area contributed by atoms with Crippen molar-refractivity contribution < 1.29 is 29.0 Å². The summed E-state index contributed by atoms with van der Waals surface area (Å²) in [6.45, 7) is 9.70. The van der Waals surface area contributed by atoms with Crippen LogP contribution in [0.3, 0.4) is 0 Å². The van der Waals surface area contributed by atoms with Crippen LogP contribution in [-0.4, -0.2) is 35.2 Å². The maximum Gasteiger partial charge on any atom is 0.306 e. The first-order valence-corrected chi connectivity index (χ1v) is 9.78. The molecule has 0 radical (unpaired) electrons. The second-order valence-corrected chi connectivity index (χ2v) is 8.81. The van der Waals surface area contributed by atoms with Crippen molar-refractivity contribution >= 4 is 23.5 Å². The Labute approximate surface area is 163 Å². The molecule has 27 heavy (non-hydrogen) atoms. The number of Topliss-reactive ketones (excluding diaryl/α,β-unsaturated/α-hetero) is 2. The van der Waals surface area contributed by atoms with Crippen molar-refractivity contribution in [2.75, 3.05) is 6.61 Å². The van der Waals surface area contributed by atoms with Gasteiger partial charge in [0.05, 0.1) is 19.4 Å². The summed E-state index contributed by atoms with van der Waals surface area (Å²) in [5.41, 5.74) is -0.685. The number of carbonyl (C=O) groups excluding carboxylic acids is 3. The standard InChI is InChI=1S/C21H36O6/c1-6-27-19(26)15-21(4,5)13-11-17(23)9-7-8-16(22)10-12-20(2,3)14-18(24)25/h6-15H2,1-5H3,(H,24,25). The zero-order valence-electron chi connectivity index (χ0n) is 17.6. The van der Waals surface area contributed by atoms with Gasteiger partial charge in [-0.15, -0.1) is 0 Å². The van der Waals surface area contributed by atoms with E-state index in [4.69, 9.17) is 9.84 Å². The van der Waals surface area contributed by atoms with E-state index in [9.17, 15) is 19.2 Å². The molecule has 0 saturated carbocycles. The number of carbonyl (C=O) groups is 4. The van der Waals surface area contributed by atoms with Crippen LogP contribution >= 0.6 is 0 Å². The first kappa shape index (κ1) is 25.3. The number of carboxylic acids is 1. The molecule has 0 saturated heterocycles. The Kier molecular flexibility index (Phi) is 11.1. The van der Waals surface area contributed by atoms with Crippen LogP contribution in [0.5, 0.6) is 0 Å². The van der Waals surface area contributed by atoms with E-state index in [1.54, 1.807) is 6.92 Å². The Morgan fingerprint density at radius 2 is 1.22 bits per heavy atom. The van der Waals surface area contributed by atoms with Gasteiger partial charge in [-0.1, -0.05) is 27.7 Å². The Bertz CT molecular complexity index is 519. The number of ketones is 2. The third-order valence-electron chi connectivity index (χ3n) is 4.63. The van der Waals surface area contributed by atoms with Gasteiger partial charge in [-0.3, -0.25) is 19.2 Å². The first-order valence-electron chi connectivity index (χ1n) is 9.78. The Balaban J connectivity index is 4.04. The topological polar surface area (TPSA) is 97.7 Å². The molecular weight excluding hydrogens is 348 g/mol. The molecule has 0 aliphatic carbocycles. The van der Waals surface area contributed by atoms with Crippen molar-refractivity contribution in [1.29, 1.82) is 0 Å². The molecule has 0 rings (SSSR count).